The fourth-order valence-corrected chi connectivity index (χ4v) is 3.32. The summed E-state index contributed by atoms with van der Waals surface area (Å²) in [5, 5.41) is 3.16. The van der Waals surface area contributed by atoms with E-state index in [1.807, 2.05) is 19.1 Å². The molecule has 1 aromatic carbocycles. The molecule has 0 aromatic heterocycles. The van der Waals surface area contributed by atoms with Crippen molar-refractivity contribution in [1.82, 2.24) is 10.0 Å². The van der Waals surface area contributed by atoms with E-state index in [1.54, 1.807) is 19.2 Å². The molecule has 6 heteroatoms. The average molecular weight is 314 g/mol. The molecule has 0 amide bonds. The fraction of sp³-hybridized carbons (Fsp3) is 0.600. The van der Waals surface area contributed by atoms with Gasteiger partial charge in [0.25, 0.3) is 0 Å². The van der Waals surface area contributed by atoms with E-state index in [4.69, 9.17) is 4.74 Å². The second-order valence-electron chi connectivity index (χ2n) is 4.84. The molecule has 5 nitrogen and oxygen atoms in total. The molecule has 0 radical (unpaired) electrons. The zero-order chi connectivity index (χ0) is 15.6. The van der Waals surface area contributed by atoms with E-state index in [1.165, 1.54) is 0 Å². The second kappa shape index (κ2) is 9.89. The molecule has 0 spiro atoms. The third-order valence-corrected chi connectivity index (χ3v) is 4.71. The van der Waals surface area contributed by atoms with Crippen LogP contribution in [0.25, 0.3) is 0 Å². The van der Waals surface area contributed by atoms with E-state index < -0.39 is 10.0 Å². The number of benzene rings is 1. The number of rotatable bonds is 11. The van der Waals surface area contributed by atoms with E-state index in [0.29, 0.717) is 18.0 Å². The number of hydrogen-bond donors (Lipinski definition) is 2. The molecule has 120 valence electrons. The van der Waals surface area contributed by atoms with Gasteiger partial charge in [0.05, 0.1) is 4.90 Å². The van der Waals surface area contributed by atoms with Crippen LogP contribution in [-0.2, 0) is 21.3 Å². The van der Waals surface area contributed by atoms with Crippen LogP contribution in [0.5, 0.6) is 0 Å². The summed E-state index contributed by atoms with van der Waals surface area (Å²) in [7, 11) is -1.76. The first-order valence-corrected chi connectivity index (χ1v) is 8.87. The molecule has 0 fully saturated rings. The Morgan fingerprint density at radius 1 is 1.14 bits per heavy atom. The monoisotopic (exact) mass is 314 g/mol. The van der Waals surface area contributed by atoms with Gasteiger partial charge in [0.2, 0.25) is 10.0 Å². The molecular weight excluding hydrogens is 288 g/mol. The number of unbranched alkanes of at least 4 members (excludes halogenated alkanes) is 2. The first-order chi connectivity index (χ1) is 10.1. The van der Waals surface area contributed by atoms with Gasteiger partial charge in [-0.05, 0) is 37.4 Å². The van der Waals surface area contributed by atoms with Gasteiger partial charge < -0.3 is 10.1 Å². The van der Waals surface area contributed by atoms with Crippen molar-refractivity contribution >= 4 is 10.0 Å². The molecule has 1 aromatic rings. The topological polar surface area (TPSA) is 67.4 Å². The normalized spacial score (nSPS) is 11.7. The van der Waals surface area contributed by atoms with Gasteiger partial charge in [0.1, 0.15) is 0 Å². The van der Waals surface area contributed by atoms with Crippen molar-refractivity contribution in [2.24, 2.45) is 0 Å². The number of ether oxygens (including phenoxy) is 1. The maximum atomic E-state index is 12.3. The van der Waals surface area contributed by atoms with Crippen molar-refractivity contribution in [3.05, 3.63) is 29.8 Å². The van der Waals surface area contributed by atoms with Gasteiger partial charge in [-0.3, -0.25) is 0 Å². The molecule has 0 heterocycles. The maximum absolute atomic E-state index is 12.3. The molecule has 0 aliphatic rings. The first kappa shape index (κ1) is 18.1. The van der Waals surface area contributed by atoms with Crippen LogP contribution in [0, 0.1) is 0 Å². The van der Waals surface area contributed by atoms with Crippen molar-refractivity contribution in [2.45, 2.75) is 37.6 Å². The van der Waals surface area contributed by atoms with E-state index in [9.17, 15) is 8.42 Å². The zero-order valence-electron chi connectivity index (χ0n) is 12.9. The predicted octanol–water partition coefficient (Wildman–Crippen LogP) is 1.89. The second-order valence-corrected chi connectivity index (χ2v) is 6.57. The van der Waals surface area contributed by atoms with Crippen molar-refractivity contribution in [2.75, 3.05) is 26.8 Å². The maximum Gasteiger partial charge on any atom is 0.240 e. The first-order valence-electron chi connectivity index (χ1n) is 7.39. The average Bonchev–Trinajstić information content (AvgIpc) is 2.49. The lowest BCUT2D eigenvalue weighted by molar-refractivity contribution is 0.192. The minimum atomic E-state index is -3.44. The van der Waals surface area contributed by atoms with Crippen molar-refractivity contribution in [3.8, 4) is 0 Å². The van der Waals surface area contributed by atoms with Gasteiger partial charge in [0.15, 0.2) is 0 Å². The predicted molar refractivity (Wildman–Crippen MR) is 84.7 cm³/mol. The third kappa shape index (κ3) is 6.56. The van der Waals surface area contributed by atoms with E-state index in [0.717, 1.165) is 38.0 Å². The molecule has 1 rings (SSSR count). The van der Waals surface area contributed by atoms with Crippen LogP contribution >= 0.6 is 0 Å². The Kier molecular flexibility index (Phi) is 8.52. The Hall–Kier alpha value is -0.950. The molecule has 0 bridgehead atoms. The van der Waals surface area contributed by atoms with Crippen molar-refractivity contribution in [3.63, 3.8) is 0 Å². The van der Waals surface area contributed by atoms with Gasteiger partial charge in [-0.2, -0.15) is 0 Å². The van der Waals surface area contributed by atoms with Crippen molar-refractivity contribution in [1.29, 1.82) is 0 Å². The summed E-state index contributed by atoms with van der Waals surface area (Å²) >= 11 is 0. The van der Waals surface area contributed by atoms with Gasteiger partial charge >= 0.3 is 0 Å². The third-order valence-electron chi connectivity index (χ3n) is 3.14. The molecule has 2 N–H and O–H groups in total. The van der Waals surface area contributed by atoms with E-state index in [2.05, 4.69) is 10.0 Å². The molecule has 0 atom stereocenters. The zero-order valence-corrected chi connectivity index (χ0v) is 13.7. The highest BCUT2D eigenvalue weighted by atomic mass is 32.2. The highest BCUT2D eigenvalue weighted by Crippen LogP contribution is 2.15. The van der Waals surface area contributed by atoms with Gasteiger partial charge in [-0.25, -0.2) is 13.1 Å². The Balaban J connectivity index is 2.57. The molecule has 0 saturated heterocycles. The molecular formula is C15H26N2O3S. The summed E-state index contributed by atoms with van der Waals surface area (Å²) in [6, 6.07) is 7.11. The lowest BCUT2D eigenvalue weighted by atomic mass is 10.2. The highest BCUT2D eigenvalue weighted by Gasteiger charge is 2.16. The SMILES string of the molecule is CCNCc1ccccc1S(=O)(=O)NCCCCCOC. The summed E-state index contributed by atoms with van der Waals surface area (Å²) in [4.78, 5) is 0.364. The smallest absolute Gasteiger partial charge is 0.240 e. The van der Waals surface area contributed by atoms with Crippen molar-refractivity contribution < 1.29 is 13.2 Å². The van der Waals surface area contributed by atoms with Crippen LogP contribution in [-0.4, -0.2) is 35.2 Å². The summed E-state index contributed by atoms with van der Waals surface area (Å²) < 4.78 is 32.3. The standard InChI is InChI=1S/C15H26N2O3S/c1-3-16-13-14-9-5-6-10-15(14)21(18,19)17-11-7-4-8-12-20-2/h5-6,9-10,16-17H,3-4,7-8,11-13H2,1-2H3. The van der Waals surface area contributed by atoms with E-state index >= 15 is 0 Å². The molecule has 0 aliphatic carbocycles. The van der Waals surface area contributed by atoms with Gasteiger partial charge in [0, 0.05) is 26.8 Å². The molecule has 0 unspecified atom stereocenters. The summed E-state index contributed by atoms with van der Waals surface area (Å²) in [5.74, 6) is 0. The van der Waals surface area contributed by atoms with E-state index in [-0.39, 0.29) is 0 Å². The van der Waals surface area contributed by atoms with Crippen LogP contribution < -0.4 is 10.0 Å². The lowest BCUT2D eigenvalue weighted by Gasteiger charge is -2.11. The van der Waals surface area contributed by atoms with Gasteiger partial charge in [-0.15, -0.1) is 0 Å². The quantitative estimate of drug-likeness (QED) is 0.612. The van der Waals surface area contributed by atoms with Crippen LogP contribution in [0.3, 0.4) is 0 Å². The summed E-state index contributed by atoms with van der Waals surface area (Å²) in [6.45, 7) is 4.54. The minimum Gasteiger partial charge on any atom is -0.385 e. The molecule has 0 saturated carbocycles. The minimum absolute atomic E-state index is 0.364. The fourth-order valence-electron chi connectivity index (χ4n) is 2.00. The molecule has 0 aliphatic heterocycles. The highest BCUT2D eigenvalue weighted by molar-refractivity contribution is 7.89. The van der Waals surface area contributed by atoms with Crippen LogP contribution in [0.1, 0.15) is 31.7 Å². The molecule has 21 heavy (non-hydrogen) atoms. The number of nitrogens with one attached hydrogen (secondary N) is 2. The summed E-state index contributed by atoms with van der Waals surface area (Å²) in [6.07, 6.45) is 2.72. The number of methoxy groups -OCH3 is 1. The number of sulfonamides is 1. The lowest BCUT2D eigenvalue weighted by Crippen LogP contribution is -2.26. The Bertz CT molecular complexity index is 503. The largest absolute Gasteiger partial charge is 0.385 e. The Morgan fingerprint density at radius 3 is 2.62 bits per heavy atom. The van der Waals surface area contributed by atoms with Crippen LogP contribution in [0.4, 0.5) is 0 Å². The van der Waals surface area contributed by atoms with Crippen LogP contribution in [0.15, 0.2) is 29.2 Å². The number of hydrogen-bond acceptors (Lipinski definition) is 4. The van der Waals surface area contributed by atoms with Crippen LogP contribution in [0.2, 0.25) is 0 Å². The Labute approximate surface area is 128 Å². The Morgan fingerprint density at radius 2 is 1.90 bits per heavy atom. The summed E-state index contributed by atoms with van der Waals surface area (Å²) in [5.41, 5.74) is 0.797. The van der Waals surface area contributed by atoms with Gasteiger partial charge in [-0.1, -0.05) is 25.1 Å².